The van der Waals surface area contributed by atoms with Crippen molar-refractivity contribution in [2.45, 2.75) is 33.1 Å². The number of hydrogen-bond donors (Lipinski definition) is 1. The van der Waals surface area contributed by atoms with E-state index in [1.807, 2.05) is 0 Å². The van der Waals surface area contributed by atoms with Crippen LogP contribution in [0, 0.1) is 0 Å². The fraction of sp³-hybridized carbons (Fsp3) is 1.00. The molecule has 1 N–H and O–H groups in total. The summed E-state index contributed by atoms with van der Waals surface area (Å²) in [5, 5.41) is 7.57. The van der Waals surface area contributed by atoms with Crippen molar-refractivity contribution in [3.63, 3.8) is 0 Å². The van der Waals surface area contributed by atoms with Crippen LogP contribution in [-0.2, 0) is 10.5 Å². The van der Waals surface area contributed by atoms with E-state index >= 15 is 0 Å². The largest absolute Gasteiger partial charge is 0.397 e. The van der Waals surface area contributed by atoms with Gasteiger partial charge in [-0.3, -0.25) is 0 Å². The summed E-state index contributed by atoms with van der Waals surface area (Å²) < 4.78 is 22.9. The van der Waals surface area contributed by atoms with Gasteiger partial charge < -0.3 is 5.11 Å². The van der Waals surface area contributed by atoms with E-state index in [2.05, 4.69) is 11.3 Å². The zero-order chi connectivity index (χ0) is 9.82. The van der Waals surface area contributed by atoms with Crippen LogP contribution < -0.4 is 0 Å². The molecule has 0 saturated carbocycles. The second kappa shape index (κ2) is 13.2. The van der Waals surface area contributed by atoms with Crippen molar-refractivity contribution in [1.29, 1.82) is 0 Å². The summed E-state index contributed by atoms with van der Waals surface area (Å²) in [6.07, 6.45) is 3.03. The maximum Gasteiger partial charge on any atom is 0.311 e. The van der Waals surface area contributed by atoms with E-state index < -0.39 is 10.5 Å². The topological polar surface area (TPSA) is 66.7 Å². The third-order valence-corrected chi connectivity index (χ3v) is 1.35. The lowest BCUT2D eigenvalue weighted by Gasteiger charge is -1.86. The summed E-state index contributed by atoms with van der Waals surface area (Å²) in [4.78, 5) is 0. The molecule has 4 nitrogen and oxygen atoms in total. The van der Waals surface area contributed by atoms with Crippen LogP contribution in [0.4, 0.5) is 0 Å². The van der Waals surface area contributed by atoms with Gasteiger partial charge in [-0.15, -0.1) is 0 Å². The van der Waals surface area contributed by atoms with E-state index in [1.54, 1.807) is 6.92 Å². The van der Waals surface area contributed by atoms with Gasteiger partial charge in [0.15, 0.2) is 0 Å². The molecule has 0 aromatic rings. The molecule has 0 unspecified atom stereocenters. The number of aliphatic hydroxyl groups is 1. The Balaban J connectivity index is 0. The first-order valence-corrected chi connectivity index (χ1v) is 5.09. The highest BCUT2D eigenvalue weighted by Gasteiger charge is 1.81. The molecule has 0 aliphatic heterocycles. The number of hydrogen-bond acceptors (Lipinski definition) is 4. The molecule has 5 heteroatoms. The summed E-state index contributed by atoms with van der Waals surface area (Å²) >= 11 is 0. The van der Waals surface area contributed by atoms with Crippen LogP contribution in [0.2, 0.25) is 0 Å². The van der Waals surface area contributed by atoms with Gasteiger partial charge in [-0.25, -0.2) is 0 Å². The molecule has 0 bridgehead atoms. The van der Waals surface area contributed by atoms with Gasteiger partial charge in [0.1, 0.15) is 0 Å². The minimum Gasteiger partial charge on any atom is -0.397 e. The SMILES string of the molecule is CCCCCN=S(=O)=O.CCO. The molecule has 0 spiro atoms. The van der Waals surface area contributed by atoms with Crippen LogP contribution in [0.1, 0.15) is 33.1 Å². The first kappa shape index (κ1) is 14.1. The smallest absolute Gasteiger partial charge is 0.311 e. The molecule has 0 heterocycles. The number of nitrogens with zero attached hydrogens (tertiary/aromatic N) is 1. The molecule has 0 saturated heterocycles. The van der Waals surface area contributed by atoms with E-state index in [0.29, 0.717) is 6.54 Å². The Morgan fingerprint density at radius 2 is 1.75 bits per heavy atom. The van der Waals surface area contributed by atoms with Crippen LogP contribution in [0.5, 0.6) is 0 Å². The van der Waals surface area contributed by atoms with Gasteiger partial charge in [0.2, 0.25) is 0 Å². The number of rotatable bonds is 4. The third kappa shape index (κ3) is 22.7. The zero-order valence-corrected chi connectivity index (χ0v) is 8.47. The number of aliphatic hydroxyl groups excluding tert-OH is 1. The molecule has 0 radical (unpaired) electrons. The summed E-state index contributed by atoms with van der Waals surface area (Å²) in [5.74, 6) is 0. The molecule has 0 aromatic carbocycles. The van der Waals surface area contributed by atoms with Crippen LogP contribution >= 0.6 is 0 Å². The fourth-order valence-corrected chi connectivity index (χ4v) is 0.779. The van der Waals surface area contributed by atoms with Crippen molar-refractivity contribution in [1.82, 2.24) is 0 Å². The van der Waals surface area contributed by atoms with Gasteiger partial charge >= 0.3 is 10.5 Å². The van der Waals surface area contributed by atoms with Crippen molar-refractivity contribution in [3.8, 4) is 0 Å². The van der Waals surface area contributed by atoms with Gasteiger partial charge in [-0.2, -0.15) is 12.8 Å². The second-order valence-corrected chi connectivity index (χ2v) is 2.79. The molecular weight excluding hydrogens is 178 g/mol. The Hall–Kier alpha value is -0.420. The molecule has 0 atom stereocenters. The summed E-state index contributed by atoms with van der Waals surface area (Å²) in [7, 11) is -2.19. The standard InChI is InChI=1S/C5H11NO2S.C2H6O/c1-2-3-4-5-6-9(7)8;1-2-3/h2-5H2,1H3;3H,2H2,1H3. The molecule has 74 valence electrons. The lowest BCUT2D eigenvalue weighted by Crippen LogP contribution is -1.78. The first-order chi connectivity index (χ1) is 5.68. The van der Waals surface area contributed by atoms with Crippen molar-refractivity contribution < 1.29 is 13.5 Å². The number of unbranched alkanes of at least 4 members (excludes halogenated alkanes) is 2. The van der Waals surface area contributed by atoms with E-state index in [9.17, 15) is 8.42 Å². The molecule has 0 rings (SSSR count). The normalized spacial score (nSPS) is 8.25. The molecular formula is C7H17NO3S. The Morgan fingerprint density at radius 1 is 1.25 bits per heavy atom. The van der Waals surface area contributed by atoms with E-state index in [-0.39, 0.29) is 6.61 Å². The third-order valence-electron chi connectivity index (χ3n) is 0.958. The monoisotopic (exact) mass is 195 g/mol. The van der Waals surface area contributed by atoms with Crippen molar-refractivity contribution >= 4 is 10.5 Å². The predicted molar refractivity (Wildman–Crippen MR) is 48.5 cm³/mol. The average molecular weight is 195 g/mol. The quantitative estimate of drug-likeness (QED) is 0.686. The summed E-state index contributed by atoms with van der Waals surface area (Å²) in [6, 6.07) is 0. The first-order valence-electron chi connectivity index (χ1n) is 4.06. The predicted octanol–water partition coefficient (Wildman–Crippen LogP) is 1.24. The Kier molecular flexibility index (Phi) is 15.5. The average Bonchev–Trinajstić information content (AvgIpc) is 1.99. The maximum atomic E-state index is 9.80. The highest BCUT2D eigenvalue weighted by molar-refractivity contribution is 7.61. The van der Waals surface area contributed by atoms with Gasteiger partial charge in [0.25, 0.3) is 0 Å². The zero-order valence-electron chi connectivity index (χ0n) is 7.65. The Morgan fingerprint density at radius 3 is 2.08 bits per heavy atom. The van der Waals surface area contributed by atoms with Gasteiger partial charge in [-0.05, 0) is 13.3 Å². The minimum absolute atomic E-state index is 0.250. The van der Waals surface area contributed by atoms with Crippen molar-refractivity contribution in [3.05, 3.63) is 0 Å². The molecule has 0 aliphatic carbocycles. The van der Waals surface area contributed by atoms with Gasteiger partial charge in [0, 0.05) is 6.61 Å². The highest BCUT2D eigenvalue weighted by atomic mass is 32.2. The van der Waals surface area contributed by atoms with Crippen LogP contribution in [-0.4, -0.2) is 26.7 Å². The summed E-state index contributed by atoms with van der Waals surface area (Å²) in [5.41, 5.74) is 0. The maximum absolute atomic E-state index is 9.80. The molecule has 0 aromatic heterocycles. The second-order valence-electron chi connectivity index (χ2n) is 2.09. The molecule has 0 amide bonds. The minimum atomic E-state index is -2.19. The van der Waals surface area contributed by atoms with Crippen LogP contribution in [0.25, 0.3) is 0 Å². The fourth-order valence-electron chi connectivity index (χ4n) is 0.501. The van der Waals surface area contributed by atoms with Crippen LogP contribution in [0.15, 0.2) is 4.36 Å². The van der Waals surface area contributed by atoms with Gasteiger partial charge in [0.05, 0.1) is 6.54 Å². The Labute approximate surface area is 75.3 Å². The van der Waals surface area contributed by atoms with Crippen LogP contribution in [0.3, 0.4) is 0 Å². The molecule has 0 aliphatic rings. The molecule has 12 heavy (non-hydrogen) atoms. The lowest BCUT2D eigenvalue weighted by molar-refractivity contribution is 0.318. The van der Waals surface area contributed by atoms with E-state index in [1.165, 1.54) is 0 Å². The van der Waals surface area contributed by atoms with Crippen molar-refractivity contribution in [2.75, 3.05) is 13.2 Å². The summed E-state index contributed by atoms with van der Waals surface area (Å²) in [6.45, 7) is 4.44. The van der Waals surface area contributed by atoms with E-state index in [4.69, 9.17) is 5.11 Å². The van der Waals surface area contributed by atoms with E-state index in [0.717, 1.165) is 19.3 Å². The highest BCUT2D eigenvalue weighted by Crippen LogP contribution is 1.92. The Bertz CT molecular complexity index is 179. The van der Waals surface area contributed by atoms with Crippen molar-refractivity contribution in [2.24, 2.45) is 4.36 Å². The lowest BCUT2D eigenvalue weighted by atomic mass is 10.3. The molecule has 0 fully saturated rings. The van der Waals surface area contributed by atoms with Gasteiger partial charge in [-0.1, -0.05) is 19.8 Å².